The summed E-state index contributed by atoms with van der Waals surface area (Å²) in [4.78, 5) is 14.2. The summed E-state index contributed by atoms with van der Waals surface area (Å²) in [6, 6.07) is 11.7. The van der Waals surface area contributed by atoms with Crippen molar-refractivity contribution in [2.75, 3.05) is 19.6 Å². The van der Waals surface area contributed by atoms with Gasteiger partial charge in [0.15, 0.2) is 0 Å². The van der Waals surface area contributed by atoms with E-state index in [0.29, 0.717) is 44.0 Å². The molecule has 1 amide bonds. The summed E-state index contributed by atoms with van der Waals surface area (Å²) in [7, 11) is 0. The second kappa shape index (κ2) is 9.69. The zero-order valence-electron chi connectivity index (χ0n) is 14.9. The molecule has 3 rings (SSSR count). The molecule has 0 atom stereocenters. The molecule has 0 aromatic heterocycles. The fraction of sp³-hybridized carbons (Fsp3) is 0.350. The maximum absolute atomic E-state index is 14.2. The summed E-state index contributed by atoms with van der Waals surface area (Å²) in [5.74, 6) is 0.0557. The second-order valence-corrected chi connectivity index (χ2v) is 6.45. The van der Waals surface area contributed by atoms with E-state index in [1.807, 2.05) is 24.3 Å². The van der Waals surface area contributed by atoms with Gasteiger partial charge >= 0.3 is 0 Å². The van der Waals surface area contributed by atoms with Crippen LogP contribution in [0, 0.1) is 5.82 Å². The van der Waals surface area contributed by atoms with Crippen molar-refractivity contribution in [1.29, 1.82) is 0 Å². The minimum absolute atomic E-state index is 0. The first-order valence-electron chi connectivity index (χ1n) is 8.80. The largest absolute Gasteiger partial charge is 0.457 e. The average Bonchev–Trinajstić information content (AvgIpc) is 2.65. The van der Waals surface area contributed by atoms with E-state index < -0.39 is 5.82 Å². The van der Waals surface area contributed by atoms with Gasteiger partial charge in [0, 0.05) is 13.1 Å². The predicted octanol–water partition coefficient (Wildman–Crippen LogP) is 3.14. The number of ether oxygens (including phenoxy) is 1. The van der Waals surface area contributed by atoms with Crippen LogP contribution in [0.1, 0.15) is 28.8 Å². The number of nitrogens with two attached hydrogens (primary N) is 1. The molecule has 0 unspecified atom stereocenters. The van der Waals surface area contributed by atoms with Crippen molar-refractivity contribution in [2.24, 2.45) is 5.73 Å². The summed E-state index contributed by atoms with van der Waals surface area (Å²) in [5.41, 5.74) is 6.63. The lowest BCUT2D eigenvalue weighted by Crippen LogP contribution is -2.40. The van der Waals surface area contributed by atoms with Crippen molar-refractivity contribution >= 4 is 18.3 Å². The Labute approximate surface area is 164 Å². The number of rotatable bonds is 5. The molecule has 1 saturated heterocycles. The number of benzene rings is 2. The normalized spacial score (nSPS) is 14.6. The van der Waals surface area contributed by atoms with Gasteiger partial charge in [0.05, 0.1) is 11.7 Å². The molecule has 27 heavy (non-hydrogen) atoms. The Kier molecular flexibility index (Phi) is 7.59. The van der Waals surface area contributed by atoms with Crippen LogP contribution in [0.15, 0.2) is 42.5 Å². The number of halogens is 2. The number of aliphatic hydroxyl groups is 1. The van der Waals surface area contributed by atoms with Gasteiger partial charge in [-0.1, -0.05) is 12.1 Å². The molecule has 2 aromatic carbocycles. The Hall–Kier alpha value is -2.15. The van der Waals surface area contributed by atoms with Crippen molar-refractivity contribution in [1.82, 2.24) is 4.90 Å². The molecule has 146 valence electrons. The zero-order valence-corrected chi connectivity index (χ0v) is 15.8. The van der Waals surface area contributed by atoms with Gasteiger partial charge in [-0.2, -0.15) is 0 Å². The van der Waals surface area contributed by atoms with Crippen LogP contribution in [0.2, 0.25) is 0 Å². The summed E-state index contributed by atoms with van der Waals surface area (Å²) >= 11 is 0. The highest BCUT2D eigenvalue weighted by Crippen LogP contribution is 2.25. The third-order valence-corrected chi connectivity index (χ3v) is 4.51. The van der Waals surface area contributed by atoms with Crippen LogP contribution in [-0.4, -0.2) is 41.7 Å². The van der Waals surface area contributed by atoms with E-state index in [9.17, 15) is 14.3 Å². The monoisotopic (exact) mass is 394 g/mol. The quantitative estimate of drug-likeness (QED) is 0.816. The van der Waals surface area contributed by atoms with Gasteiger partial charge in [0.25, 0.3) is 5.91 Å². The first-order chi connectivity index (χ1) is 12.6. The van der Waals surface area contributed by atoms with E-state index in [4.69, 9.17) is 10.5 Å². The number of nitrogens with zero attached hydrogens (tertiary/aromatic N) is 1. The molecule has 2 aromatic rings. The summed E-state index contributed by atoms with van der Waals surface area (Å²) in [6.45, 7) is 1.43. The zero-order chi connectivity index (χ0) is 18.5. The first-order valence-corrected chi connectivity index (χ1v) is 8.80. The number of hydrogen-bond donors (Lipinski definition) is 2. The van der Waals surface area contributed by atoms with Crippen LogP contribution < -0.4 is 10.5 Å². The Morgan fingerprint density at radius 2 is 1.78 bits per heavy atom. The highest BCUT2D eigenvalue weighted by atomic mass is 35.5. The van der Waals surface area contributed by atoms with Gasteiger partial charge in [-0.25, -0.2) is 4.39 Å². The van der Waals surface area contributed by atoms with Crippen LogP contribution in [0.3, 0.4) is 0 Å². The summed E-state index contributed by atoms with van der Waals surface area (Å²) < 4.78 is 19.9. The maximum atomic E-state index is 14.2. The molecular weight excluding hydrogens is 371 g/mol. The van der Waals surface area contributed by atoms with Gasteiger partial charge in [0.1, 0.15) is 17.3 Å². The molecule has 1 fully saturated rings. The molecule has 5 nitrogen and oxygen atoms in total. The maximum Gasteiger partial charge on any atom is 0.256 e. The Bertz CT molecular complexity index is 762. The van der Waals surface area contributed by atoms with E-state index in [1.54, 1.807) is 4.90 Å². The average molecular weight is 395 g/mol. The molecule has 0 radical (unpaired) electrons. The minimum Gasteiger partial charge on any atom is -0.457 e. The lowest BCUT2D eigenvalue weighted by molar-refractivity contribution is 0.0542. The van der Waals surface area contributed by atoms with E-state index in [1.165, 1.54) is 18.2 Å². The number of piperidine rings is 1. The number of hydrogen-bond acceptors (Lipinski definition) is 4. The number of carbonyl (C=O) groups is 1. The lowest BCUT2D eigenvalue weighted by atomic mass is 10.1. The molecule has 7 heteroatoms. The van der Waals surface area contributed by atoms with E-state index in [2.05, 4.69) is 0 Å². The predicted molar refractivity (Wildman–Crippen MR) is 104 cm³/mol. The number of aliphatic hydroxyl groups excluding tert-OH is 1. The van der Waals surface area contributed by atoms with Gasteiger partial charge < -0.3 is 20.5 Å². The van der Waals surface area contributed by atoms with Crippen molar-refractivity contribution in [3.05, 3.63) is 59.4 Å². The Morgan fingerprint density at radius 1 is 1.15 bits per heavy atom. The highest BCUT2D eigenvalue weighted by Gasteiger charge is 2.24. The van der Waals surface area contributed by atoms with E-state index in [0.717, 1.165) is 12.0 Å². The van der Waals surface area contributed by atoms with E-state index in [-0.39, 0.29) is 30.0 Å². The van der Waals surface area contributed by atoms with Crippen LogP contribution in [0.25, 0.3) is 0 Å². The van der Waals surface area contributed by atoms with Crippen molar-refractivity contribution < 1.29 is 19.0 Å². The number of amides is 1. The standard InChI is InChI=1S/C20H23FN2O3.ClH/c21-19-6-5-17(26-16-3-1-14(2-4-16)7-10-22)13-18(19)20(25)23-11-8-15(24)9-12-23;/h1-6,13,15,24H,7-12,22H2;1H. The lowest BCUT2D eigenvalue weighted by Gasteiger charge is -2.29. The second-order valence-electron chi connectivity index (χ2n) is 6.45. The third-order valence-electron chi connectivity index (χ3n) is 4.51. The topological polar surface area (TPSA) is 75.8 Å². The van der Waals surface area contributed by atoms with Gasteiger partial charge in [-0.3, -0.25) is 4.79 Å². The SMILES string of the molecule is Cl.NCCc1ccc(Oc2ccc(F)c(C(=O)N3CCC(O)CC3)c2)cc1. The molecule has 1 heterocycles. The molecule has 0 aliphatic carbocycles. The smallest absolute Gasteiger partial charge is 0.256 e. The van der Waals surface area contributed by atoms with Crippen LogP contribution >= 0.6 is 12.4 Å². The molecule has 1 aliphatic heterocycles. The summed E-state index contributed by atoms with van der Waals surface area (Å²) in [5, 5.41) is 9.56. The van der Waals surface area contributed by atoms with Gasteiger partial charge in [-0.05, 0) is 61.7 Å². The van der Waals surface area contributed by atoms with Gasteiger partial charge in [0.2, 0.25) is 0 Å². The van der Waals surface area contributed by atoms with Gasteiger partial charge in [-0.15, -0.1) is 12.4 Å². The van der Waals surface area contributed by atoms with Crippen LogP contribution in [0.5, 0.6) is 11.5 Å². The van der Waals surface area contributed by atoms with Crippen molar-refractivity contribution in [3.63, 3.8) is 0 Å². The number of likely N-dealkylation sites (tertiary alicyclic amines) is 1. The molecular formula is C20H24ClFN2O3. The fourth-order valence-corrected chi connectivity index (χ4v) is 3.00. The Morgan fingerprint density at radius 3 is 2.41 bits per heavy atom. The highest BCUT2D eigenvalue weighted by molar-refractivity contribution is 5.95. The molecule has 0 saturated carbocycles. The first kappa shape index (κ1) is 21.2. The molecule has 0 bridgehead atoms. The molecule has 3 N–H and O–H groups in total. The molecule has 1 aliphatic rings. The van der Waals surface area contributed by atoms with E-state index >= 15 is 0 Å². The number of carbonyl (C=O) groups excluding carboxylic acids is 1. The van der Waals surface area contributed by atoms with Crippen molar-refractivity contribution in [3.8, 4) is 11.5 Å². The Balaban J connectivity index is 0.00000261. The van der Waals surface area contributed by atoms with Crippen molar-refractivity contribution in [2.45, 2.75) is 25.4 Å². The van der Waals surface area contributed by atoms with Crippen LogP contribution in [-0.2, 0) is 6.42 Å². The third kappa shape index (κ3) is 5.42. The minimum atomic E-state index is -0.577. The summed E-state index contributed by atoms with van der Waals surface area (Å²) in [6.07, 6.45) is 1.43. The van der Waals surface area contributed by atoms with Crippen LogP contribution in [0.4, 0.5) is 4.39 Å². The fourth-order valence-electron chi connectivity index (χ4n) is 3.00. The molecule has 0 spiro atoms.